The fourth-order valence-corrected chi connectivity index (χ4v) is 3.27. The molecule has 0 spiro atoms. The van der Waals surface area contributed by atoms with Gasteiger partial charge in [-0.15, -0.1) is 0 Å². The van der Waals surface area contributed by atoms with Crippen molar-refractivity contribution in [1.82, 2.24) is 15.2 Å². The number of rotatable bonds is 8. The number of nitrogens with one attached hydrogen (secondary N) is 1. The number of carbonyl (C=O) groups excluding carboxylic acids is 1. The first kappa shape index (κ1) is 22.1. The number of hydrogen-bond acceptors (Lipinski definition) is 5. The number of ether oxygens (including phenoxy) is 2. The summed E-state index contributed by atoms with van der Waals surface area (Å²) in [6, 6.07) is 24.3. The van der Waals surface area contributed by atoms with Crippen molar-refractivity contribution in [1.29, 1.82) is 0 Å². The molecule has 8 heteroatoms. The van der Waals surface area contributed by atoms with Crippen LogP contribution >= 0.6 is 11.6 Å². The first-order chi connectivity index (χ1) is 16.1. The molecule has 4 aromatic rings. The van der Waals surface area contributed by atoms with Gasteiger partial charge in [0.05, 0.1) is 24.0 Å². The molecule has 0 saturated heterocycles. The number of methoxy groups -OCH3 is 1. The van der Waals surface area contributed by atoms with E-state index >= 15 is 0 Å². The number of amides is 1. The minimum atomic E-state index is -0.410. The lowest BCUT2D eigenvalue weighted by Gasteiger charge is -2.06. The van der Waals surface area contributed by atoms with Crippen molar-refractivity contribution in [3.05, 3.63) is 95.6 Å². The quantitative estimate of drug-likeness (QED) is 0.304. The predicted molar refractivity (Wildman–Crippen MR) is 128 cm³/mol. The van der Waals surface area contributed by atoms with Crippen LogP contribution in [0.4, 0.5) is 0 Å². The molecule has 166 valence electrons. The van der Waals surface area contributed by atoms with Crippen LogP contribution in [0.1, 0.15) is 5.56 Å². The maximum absolute atomic E-state index is 12.1. The van der Waals surface area contributed by atoms with E-state index in [0.717, 1.165) is 22.6 Å². The third kappa shape index (κ3) is 5.58. The third-order valence-electron chi connectivity index (χ3n) is 4.72. The van der Waals surface area contributed by atoms with E-state index in [9.17, 15) is 4.79 Å². The van der Waals surface area contributed by atoms with Crippen LogP contribution in [0, 0.1) is 0 Å². The summed E-state index contributed by atoms with van der Waals surface area (Å²) >= 11 is 6.04. The predicted octanol–water partition coefficient (Wildman–Crippen LogP) is 4.73. The molecule has 0 saturated carbocycles. The van der Waals surface area contributed by atoms with Crippen molar-refractivity contribution in [2.45, 2.75) is 0 Å². The lowest BCUT2D eigenvalue weighted by molar-refractivity contribution is -0.123. The number of hydrazone groups is 1. The van der Waals surface area contributed by atoms with Crippen molar-refractivity contribution in [3.8, 4) is 28.4 Å². The maximum atomic E-state index is 12.1. The normalized spacial score (nSPS) is 10.8. The Bertz CT molecular complexity index is 1250. The zero-order valence-electron chi connectivity index (χ0n) is 17.8. The molecular weight excluding hydrogens is 440 g/mol. The molecule has 0 aliphatic rings. The van der Waals surface area contributed by atoms with Gasteiger partial charge in [0.1, 0.15) is 17.2 Å². The van der Waals surface area contributed by atoms with Crippen LogP contribution in [0.5, 0.6) is 11.5 Å². The van der Waals surface area contributed by atoms with E-state index in [0.29, 0.717) is 16.5 Å². The van der Waals surface area contributed by atoms with Gasteiger partial charge in [0.15, 0.2) is 6.61 Å². The van der Waals surface area contributed by atoms with E-state index in [2.05, 4.69) is 10.5 Å². The van der Waals surface area contributed by atoms with Crippen molar-refractivity contribution in [2.24, 2.45) is 5.10 Å². The second kappa shape index (κ2) is 10.5. The van der Waals surface area contributed by atoms with E-state index in [1.54, 1.807) is 42.3 Å². The average molecular weight is 461 g/mol. The molecule has 0 bridgehead atoms. The summed E-state index contributed by atoms with van der Waals surface area (Å²) in [4.78, 5) is 12.1. The standard InChI is InChI=1S/C25H21ClN4O3/c1-32-21-13-11-18(12-14-21)25-19(16-30(29-25)20-7-3-2-4-8-20)15-27-28-24(31)17-33-23-10-6-5-9-22(23)26/h2-16H,17H2,1H3,(H,28,31)/b27-15-. The molecule has 1 amide bonds. The number of hydrogen-bond donors (Lipinski definition) is 1. The van der Waals surface area contributed by atoms with Gasteiger partial charge in [-0.2, -0.15) is 10.2 Å². The second-order valence-electron chi connectivity index (χ2n) is 6.95. The number of nitrogens with zero attached hydrogens (tertiary/aromatic N) is 3. The number of para-hydroxylation sites is 2. The van der Waals surface area contributed by atoms with Gasteiger partial charge < -0.3 is 9.47 Å². The summed E-state index contributed by atoms with van der Waals surface area (Å²) in [7, 11) is 1.62. The summed E-state index contributed by atoms with van der Waals surface area (Å²) < 4.78 is 12.4. The SMILES string of the molecule is COc1ccc(-c2nn(-c3ccccc3)cc2/C=N\NC(=O)COc2ccccc2Cl)cc1. The fraction of sp³-hybridized carbons (Fsp3) is 0.0800. The Hall–Kier alpha value is -4.10. The zero-order chi connectivity index (χ0) is 23.0. The highest BCUT2D eigenvalue weighted by Gasteiger charge is 2.12. The first-order valence-electron chi connectivity index (χ1n) is 10.1. The highest BCUT2D eigenvalue weighted by Crippen LogP contribution is 2.25. The van der Waals surface area contributed by atoms with Gasteiger partial charge in [0.2, 0.25) is 0 Å². The Kier molecular flexibility index (Phi) is 7.02. The van der Waals surface area contributed by atoms with Crippen LogP contribution in [0.15, 0.2) is 90.2 Å². The van der Waals surface area contributed by atoms with Gasteiger partial charge in [0.25, 0.3) is 5.91 Å². The minimum Gasteiger partial charge on any atom is -0.497 e. The van der Waals surface area contributed by atoms with E-state index in [-0.39, 0.29) is 6.61 Å². The summed E-state index contributed by atoms with van der Waals surface area (Å²) in [6.07, 6.45) is 3.41. The van der Waals surface area contributed by atoms with Crippen LogP contribution in [-0.2, 0) is 4.79 Å². The topological polar surface area (TPSA) is 77.7 Å². The molecule has 1 heterocycles. The summed E-state index contributed by atoms with van der Waals surface area (Å²) in [5.74, 6) is 0.777. The monoisotopic (exact) mass is 460 g/mol. The van der Waals surface area contributed by atoms with Crippen LogP contribution in [-0.4, -0.2) is 35.6 Å². The van der Waals surface area contributed by atoms with Crippen molar-refractivity contribution in [3.63, 3.8) is 0 Å². The first-order valence-corrected chi connectivity index (χ1v) is 10.5. The van der Waals surface area contributed by atoms with E-state index in [1.165, 1.54) is 0 Å². The van der Waals surface area contributed by atoms with Crippen LogP contribution < -0.4 is 14.9 Å². The fourth-order valence-electron chi connectivity index (χ4n) is 3.08. The van der Waals surface area contributed by atoms with E-state index < -0.39 is 5.91 Å². The number of benzene rings is 3. The molecule has 1 N–H and O–H groups in total. The summed E-state index contributed by atoms with van der Waals surface area (Å²) in [5.41, 5.74) is 5.72. The highest BCUT2D eigenvalue weighted by molar-refractivity contribution is 6.32. The molecule has 0 aliphatic heterocycles. The van der Waals surface area contributed by atoms with Crippen LogP contribution in [0.3, 0.4) is 0 Å². The Labute approximate surface area is 196 Å². The van der Waals surface area contributed by atoms with Crippen LogP contribution in [0.2, 0.25) is 5.02 Å². The van der Waals surface area contributed by atoms with Gasteiger partial charge in [-0.05, 0) is 48.5 Å². The highest BCUT2D eigenvalue weighted by atomic mass is 35.5. The molecule has 0 radical (unpaired) electrons. The second-order valence-corrected chi connectivity index (χ2v) is 7.36. The number of carbonyl (C=O) groups is 1. The molecular formula is C25H21ClN4O3. The smallest absolute Gasteiger partial charge is 0.277 e. The lowest BCUT2D eigenvalue weighted by atomic mass is 10.1. The minimum absolute atomic E-state index is 0.213. The van der Waals surface area contributed by atoms with E-state index in [1.807, 2.05) is 60.8 Å². The molecule has 0 atom stereocenters. The van der Waals surface area contributed by atoms with Crippen molar-refractivity contribution >= 4 is 23.7 Å². The van der Waals surface area contributed by atoms with Gasteiger partial charge in [-0.25, -0.2) is 10.1 Å². The Morgan fingerprint density at radius 3 is 2.52 bits per heavy atom. The lowest BCUT2D eigenvalue weighted by Crippen LogP contribution is -2.24. The largest absolute Gasteiger partial charge is 0.497 e. The molecule has 3 aromatic carbocycles. The van der Waals surface area contributed by atoms with Crippen LogP contribution in [0.25, 0.3) is 16.9 Å². The molecule has 0 aliphatic carbocycles. The van der Waals surface area contributed by atoms with Gasteiger partial charge in [0, 0.05) is 17.3 Å². The molecule has 1 aromatic heterocycles. The average Bonchev–Trinajstić information content (AvgIpc) is 3.28. The molecule has 0 unspecified atom stereocenters. The molecule has 0 fully saturated rings. The molecule has 33 heavy (non-hydrogen) atoms. The van der Waals surface area contributed by atoms with Crippen molar-refractivity contribution < 1.29 is 14.3 Å². The molecule has 7 nitrogen and oxygen atoms in total. The number of halogens is 1. The van der Waals surface area contributed by atoms with E-state index in [4.69, 9.17) is 26.2 Å². The Morgan fingerprint density at radius 2 is 1.79 bits per heavy atom. The molecule has 4 rings (SSSR count). The Morgan fingerprint density at radius 1 is 1.06 bits per heavy atom. The third-order valence-corrected chi connectivity index (χ3v) is 5.03. The van der Waals surface area contributed by atoms with Gasteiger partial charge >= 0.3 is 0 Å². The summed E-state index contributed by atoms with van der Waals surface area (Å²) in [5, 5.41) is 9.25. The van der Waals surface area contributed by atoms with Gasteiger partial charge in [-0.1, -0.05) is 41.9 Å². The van der Waals surface area contributed by atoms with Gasteiger partial charge in [-0.3, -0.25) is 4.79 Å². The number of aromatic nitrogens is 2. The zero-order valence-corrected chi connectivity index (χ0v) is 18.6. The Balaban J connectivity index is 1.51. The maximum Gasteiger partial charge on any atom is 0.277 e. The van der Waals surface area contributed by atoms with Crippen molar-refractivity contribution in [2.75, 3.05) is 13.7 Å². The summed E-state index contributed by atoms with van der Waals surface area (Å²) in [6.45, 7) is -0.213.